The van der Waals surface area contributed by atoms with Crippen molar-refractivity contribution < 1.29 is 4.74 Å². The summed E-state index contributed by atoms with van der Waals surface area (Å²) in [7, 11) is 0. The predicted octanol–water partition coefficient (Wildman–Crippen LogP) is 1.99. The third kappa shape index (κ3) is 5.37. The van der Waals surface area contributed by atoms with Crippen LogP contribution in [0.3, 0.4) is 0 Å². The van der Waals surface area contributed by atoms with Crippen LogP contribution in [0.25, 0.3) is 0 Å². The summed E-state index contributed by atoms with van der Waals surface area (Å²) < 4.78 is 5.65. The Morgan fingerprint density at radius 2 is 2.14 bits per heavy atom. The zero-order valence-electron chi connectivity index (χ0n) is 9.68. The molecule has 3 N–H and O–H groups in total. The maximum atomic E-state index is 5.65. The lowest BCUT2D eigenvalue weighted by Gasteiger charge is -2.26. The highest BCUT2D eigenvalue weighted by atomic mass is 16.5. The van der Waals surface area contributed by atoms with E-state index in [0.29, 0.717) is 0 Å². The van der Waals surface area contributed by atoms with Crippen LogP contribution < -0.4 is 11.3 Å². The van der Waals surface area contributed by atoms with E-state index >= 15 is 0 Å². The first kappa shape index (κ1) is 13.6. The molecule has 2 atom stereocenters. The smallest absolute Gasteiger partial charge is 0.0744 e. The van der Waals surface area contributed by atoms with Crippen molar-refractivity contribution in [2.75, 3.05) is 6.61 Å². The Kier molecular flexibility index (Phi) is 7.76. The van der Waals surface area contributed by atoms with Crippen molar-refractivity contribution in [2.24, 2.45) is 5.84 Å². The van der Waals surface area contributed by atoms with E-state index in [1.54, 1.807) is 0 Å². The first-order chi connectivity index (χ1) is 6.65. The molecule has 0 saturated heterocycles. The molecular weight excluding hydrogens is 176 g/mol. The van der Waals surface area contributed by atoms with Crippen LogP contribution in [-0.2, 0) is 4.74 Å². The van der Waals surface area contributed by atoms with Gasteiger partial charge in [-0.1, -0.05) is 18.9 Å². The molecule has 0 aliphatic rings. The number of hydrogen-bond donors (Lipinski definition) is 2. The molecule has 0 radical (unpaired) electrons. The van der Waals surface area contributed by atoms with Gasteiger partial charge in [-0.15, -0.1) is 6.58 Å². The molecule has 0 aromatic carbocycles. The molecule has 0 aliphatic heterocycles. The van der Waals surface area contributed by atoms with Gasteiger partial charge in [-0.2, -0.15) is 0 Å². The summed E-state index contributed by atoms with van der Waals surface area (Å²) in [6.45, 7) is 10.8. The standard InChI is InChI=1S/C11H24N2O/c1-5-7-11(14-6-2)10(13-12)8-9(3)4/h10-11,13H,3,5-8,12H2,1-2,4H3. The zero-order valence-corrected chi connectivity index (χ0v) is 9.68. The number of hydrazine groups is 1. The number of ether oxygens (including phenoxy) is 1. The summed E-state index contributed by atoms with van der Waals surface area (Å²) in [4.78, 5) is 0. The fourth-order valence-corrected chi connectivity index (χ4v) is 1.57. The first-order valence-corrected chi connectivity index (χ1v) is 5.37. The lowest BCUT2D eigenvalue weighted by atomic mass is 10.0. The molecule has 0 amide bonds. The average Bonchev–Trinajstić information content (AvgIpc) is 2.13. The summed E-state index contributed by atoms with van der Waals surface area (Å²) in [5, 5.41) is 0. The first-order valence-electron chi connectivity index (χ1n) is 5.37. The Balaban J connectivity index is 4.16. The Hall–Kier alpha value is -0.380. The van der Waals surface area contributed by atoms with E-state index in [2.05, 4.69) is 18.9 Å². The fourth-order valence-electron chi connectivity index (χ4n) is 1.57. The van der Waals surface area contributed by atoms with E-state index in [1.807, 2.05) is 13.8 Å². The SMILES string of the molecule is C=C(C)CC(NN)C(CCC)OCC. The topological polar surface area (TPSA) is 47.3 Å². The Labute approximate surface area is 87.7 Å². The van der Waals surface area contributed by atoms with Crippen LogP contribution in [0.4, 0.5) is 0 Å². The van der Waals surface area contributed by atoms with Crippen molar-refractivity contribution in [3.63, 3.8) is 0 Å². The van der Waals surface area contributed by atoms with Gasteiger partial charge in [0, 0.05) is 6.61 Å². The molecule has 0 bridgehead atoms. The molecular formula is C11H24N2O. The lowest BCUT2D eigenvalue weighted by molar-refractivity contribution is 0.0282. The third-order valence-electron chi connectivity index (χ3n) is 2.19. The molecule has 0 aliphatic carbocycles. The van der Waals surface area contributed by atoms with E-state index in [-0.39, 0.29) is 12.1 Å². The quantitative estimate of drug-likeness (QED) is 0.358. The highest BCUT2D eigenvalue weighted by Crippen LogP contribution is 2.13. The molecule has 84 valence electrons. The van der Waals surface area contributed by atoms with Crippen molar-refractivity contribution in [2.45, 2.75) is 52.2 Å². The van der Waals surface area contributed by atoms with Gasteiger partial charge < -0.3 is 4.74 Å². The summed E-state index contributed by atoms with van der Waals surface area (Å²) in [5.74, 6) is 5.51. The average molecular weight is 200 g/mol. The van der Waals surface area contributed by atoms with Crippen LogP contribution in [0, 0.1) is 0 Å². The molecule has 3 nitrogen and oxygen atoms in total. The second-order valence-corrected chi connectivity index (χ2v) is 3.72. The van der Waals surface area contributed by atoms with Crippen molar-refractivity contribution >= 4 is 0 Å². The van der Waals surface area contributed by atoms with Gasteiger partial charge >= 0.3 is 0 Å². The lowest BCUT2D eigenvalue weighted by Crippen LogP contribution is -2.45. The molecule has 0 heterocycles. The summed E-state index contributed by atoms with van der Waals surface area (Å²) in [6, 6.07) is 0.187. The highest BCUT2D eigenvalue weighted by Gasteiger charge is 2.19. The van der Waals surface area contributed by atoms with Crippen molar-refractivity contribution in [1.82, 2.24) is 5.43 Å². The van der Waals surface area contributed by atoms with Crippen LogP contribution in [0.1, 0.15) is 40.0 Å². The molecule has 3 heteroatoms. The summed E-state index contributed by atoms with van der Waals surface area (Å²) >= 11 is 0. The minimum Gasteiger partial charge on any atom is -0.377 e. The van der Waals surface area contributed by atoms with Gasteiger partial charge in [0.05, 0.1) is 12.1 Å². The van der Waals surface area contributed by atoms with Crippen molar-refractivity contribution in [3.8, 4) is 0 Å². The van der Waals surface area contributed by atoms with Crippen molar-refractivity contribution in [3.05, 3.63) is 12.2 Å². The molecule has 14 heavy (non-hydrogen) atoms. The monoisotopic (exact) mass is 200 g/mol. The van der Waals surface area contributed by atoms with Gasteiger partial charge in [0.2, 0.25) is 0 Å². The van der Waals surface area contributed by atoms with Crippen molar-refractivity contribution in [1.29, 1.82) is 0 Å². The Morgan fingerprint density at radius 1 is 1.50 bits per heavy atom. The van der Waals surface area contributed by atoms with Crippen LogP contribution in [0.15, 0.2) is 12.2 Å². The molecule has 2 unspecified atom stereocenters. The largest absolute Gasteiger partial charge is 0.377 e. The minimum absolute atomic E-state index is 0.187. The van der Waals surface area contributed by atoms with Gasteiger partial charge in [-0.25, -0.2) is 0 Å². The van der Waals surface area contributed by atoms with E-state index in [1.165, 1.54) is 0 Å². The molecule has 0 aromatic rings. The molecule has 0 aromatic heterocycles. The second kappa shape index (κ2) is 7.97. The minimum atomic E-state index is 0.187. The van der Waals surface area contributed by atoms with Gasteiger partial charge in [0.25, 0.3) is 0 Å². The van der Waals surface area contributed by atoms with E-state index in [0.717, 1.165) is 31.4 Å². The van der Waals surface area contributed by atoms with E-state index in [9.17, 15) is 0 Å². The predicted molar refractivity (Wildman–Crippen MR) is 60.9 cm³/mol. The maximum Gasteiger partial charge on any atom is 0.0744 e. The summed E-state index contributed by atoms with van der Waals surface area (Å²) in [5.41, 5.74) is 3.95. The summed E-state index contributed by atoms with van der Waals surface area (Å²) in [6.07, 6.45) is 3.22. The normalized spacial score (nSPS) is 15.1. The van der Waals surface area contributed by atoms with Gasteiger partial charge in [0.1, 0.15) is 0 Å². The van der Waals surface area contributed by atoms with Gasteiger partial charge in [0.15, 0.2) is 0 Å². The third-order valence-corrected chi connectivity index (χ3v) is 2.19. The zero-order chi connectivity index (χ0) is 11.0. The van der Waals surface area contributed by atoms with Crippen LogP contribution in [0.2, 0.25) is 0 Å². The molecule has 0 spiro atoms. The van der Waals surface area contributed by atoms with Gasteiger partial charge in [-0.05, 0) is 26.7 Å². The van der Waals surface area contributed by atoms with Crippen LogP contribution in [0.5, 0.6) is 0 Å². The molecule has 0 fully saturated rings. The molecule has 0 rings (SSSR count). The Morgan fingerprint density at radius 3 is 2.50 bits per heavy atom. The fraction of sp³-hybridized carbons (Fsp3) is 0.818. The Bertz CT molecular complexity index is 153. The number of hydrogen-bond acceptors (Lipinski definition) is 3. The van der Waals surface area contributed by atoms with E-state index < -0.39 is 0 Å². The number of rotatable bonds is 8. The second-order valence-electron chi connectivity index (χ2n) is 3.72. The maximum absolute atomic E-state index is 5.65. The van der Waals surface area contributed by atoms with Crippen LogP contribution in [-0.4, -0.2) is 18.8 Å². The highest BCUT2D eigenvalue weighted by molar-refractivity contribution is 4.94. The molecule has 0 saturated carbocycles. The number of nitrogens with two attached hydrogens (primary N) is 1. The van der Waals surface area contributed by atoms with Gasteiger partial charge in [-0.3, -0.25) is 11.3 Å². The van der Waals surface area contributed by atoms with E-state index in [4.69, 9.17) is 10.6 Å². The van der Waals surface area contributed by atoms with Crippen LogP contribution >= 0.6 is 0 Å². The number of nitrogens with one attached hydrogen (secondary N) is 1.